The van der Waals surface area contributed by atoms with E-state index < -0.39 is 11.7 Å². The van der Waals surface area contributed by atoms with E-state index in [1.807, 2.05) is 45.0 Å². The number of hydrogen-bond donors (Lipinski definition) is 1. The largest absolute Gasteiger partial charge is 0.442 e. The van der Waals surface area contributed by atoms with Gasteiger partial charge in [0, 0.05) is 20.6 Å². The quantitative estimate of drug-likeness (QED) is 0.304. The minimum Gasteiger partial charge on any atom is -0.442 e. The maximum absolute atomic E-state index is 13.2. The Bertz CT molecular complexity index is 1570. The average Bonchev–Trinajstić information content (AvgIpc) is 3.20. The Morgan fingerprint density at radius 3 is 2.00 bits per heavy atom. The molecule has 0 radical (unpaired) electrons. The fraction of sp³-hybridized carbons (Fsp3) is 0.364. The van der Waals surface area contributed by atoms with Gasteiger partial charge in [-0.1, -0.05) is 71.8 Å². The van der Waals surface area contributed by atoms with E-state index in [1.54, 1.807) is 14.1 Å². The van der Waals surface area contributed by atoms with Crippen molar-refractivity contribution < 1.29 is 14.3 Å². The molecular formula is C33H41N5O3. The summed E-state index contributed by atoms with van der Waals surface area (Å²) in [5.74, 6) is 0. The molecule has 1 heterocycles. The lowest BCUT2D eigenvalue weighted by molar-refractivity contribution is 0.0593. The highest BCUT2D eigenvalue weighted by Crippen LogP contribution is 2.22. The molecule has 1 atom stereocenters. The molecule has 0 bridgehead atoms. The number of nitrogens with zero attached hydrogens (tertiary/aromatic N) is 4. The zero-order valence-electron chi connectivity index (χ0n) is 25.1. The molecule has 4 rings (SSSR count). The number of ether oxygens (including phenoxy) is 1. The first-order chi connectivity index (χ1) is 19.4. The SMILES string of the molecule is Cc1ccc(CC(CNC(=O)N(C)C)n2c(=NC(=O)OC(C)(C)C)n(Cc3ccc(C)cc3)c3ccccc32)cc1. The molecule has 4 aromatic rings. The van der Waals surface area contributed by atoms with Gasteiger partial charge in [0.25, 0.3) is 0 Å². The van der Waals surface area contributed by atoms with Gasteiger partial charge < -0.3 is 24.1 Å². The van der Waals surface area contributed by atoms with Gasteiger partial charge in [0.15, 0.2) is 0 Å². The second-order valence-electron chi connectivity index (χ2n) is 11.7. The van der Waals surface area contributed by atoms with Crippen molar-refractivity contribution >= 4 is 23.2 Å². The van der Waals surface area contributed by atoms with Gasteiger partial charge in [-0.15, -0.1) is 4.99 Å². The molecule has 0 saturated heterocycles. The first-order valence-corrected chi connectivity index (χ1v) is 13.9. The molecule has 1 aromatic heterocycles. The summed E-state index contributed by atoms with van der Waals surface area (Å²) in [5.41, 5.74) is 6.17. The number of amides is 3. The summed E-state index contributed by atoms with van der Waals surface area (Å²) >= 11 is 0. The number of aryl methyl sites for hydroxylation is 2. The zero-order chi connectivity index (χ0) is 29.7. The van der Waals surface area contributed by atoms with Gasteiger partial charge in [-0.05, 0) is 64.3 Å². The van der Waals surface area contributed by atoms with Crippen molar-refractivity contribution in [1.29, 1.82) is 0 Å². The molecule has 3 aromatic carbocycles. The molecule has 8 nitrogen and oxygen atoms in total. The minimum atomic E-state index is -0.694. The molecule has 0 fully saturated rings. The predicted octanol–water partition coefficient (Wildman–Crippen LogP) is 6.00. The molecule has 0 saturated carbocycles. The van der Waals surface area contributed by atoms with Gasteiger partial charge in [-0.3, -0.25) is 0 Å². The number of aromatic nitrogens is 2. The number of imidazole rings is 1. The summed E-state index contributed by atoms with van der Waals surface area (Å²) in [7, 11) is 3.43. The molecule has 0 spiro atoms. The highest BCUT2D eigenvalue weighted by Gasteiger charge is 2.23. The molecule has 8 heteroatoms. The van der Waals surface area contributed by atoms with E-state index in [1.165, 1.54) is 16.0 Å². The standard InChI is InChI=1S/C33H41N5O3/c1-23-12-16-25(17-13-23)20-27(21-34-31(39)36(6)7)38-29-11-9-8-10-28(29)37(22-26-18-14-24(2)15-19-26)30(38)35-32(40)41-33(3,4)5/h8-19,27H,20-22H2,1-7H3,(H,34,39). The van der Waals surface area contributed by atoms with Crippen LogP contribution < -0.4 is 10.9 Å². The van der Waals surface area contributed by atoms with Crippen LogP contribution in [0.2, 0.25) is 0 Å². The maximum Gasteiger partial charge on any atom is 0.437 e. The van der Waals surface area contributed by atoms with Crippen molar-refractivity contribution in [1.82, 2.24) is 19.4 Å². The van der Waals surface area contributed by atoms with Gasteiger partial charge in [0.2, 0.25) is 5.62 Å². The smallest absolute Gasteiger partial charge is 0.437 e. The number of fused-ring (bicyclic) bond motifs is 1. The van der Waals surface area contributed by atoms with Crippen molar-refractivity contribution in [2.75, 3.05) is 20.6 Å². The van der Waals surface area contributed by atoms with Crippen molar-refractivity contribution in [3.8, 4) is 0 Å². The second-order valence-corrected chi connectivity index (χ2v) is 11.7. The van der Waals surface area contributed by atoms with E-state index >= 15 is 0 Å². The van der Waals surface area contributed by atoms with Crippen LogP contribution in [0.25, 0.3) is 11.0 Å². The Morgan fingerprint density at radius 2 is 1.44 bits per heavy atom. The molecule has 0 aliphatic heterocycles. The van der Waals surface area contributed by atoms with Crippen LogP contribution in [0.4, 0.5) is 9.59 Å². The Labute approximate surface area is 242 Å². The van der Waals surface area contributed by atoms with Crippen LogP contribution in [0.5, 0.6) is 0 Å². The van der Waals surface area contributed by atoms with Crippen molar-refractivity contribution in [2.24, 2.45) is 4.99 Å². The summed E-state index contributed by atoms with van der Waals surface area (Å²) in [5, 5.41) is 3.06. The molecular weight excluding hydrogens is 514 g/mol. The van der Waals surface area contributed by atoms with Crippen LogP contribution in [0.1, 0.15) is 49.1 Å². The summed E-state index contributed by atoms with van der Waals surface area (Å²) < 4.78 is 9.77. The molecule has 41 heavy (non-hydrogen) atoms. The molecule has 3 amide bonds. The number of hydrogen-bond acceptors (Lipinski definition) is 3. The number of nitrogens with one attached hydrogen (secondary N) is 1. The van der Waals surface area contributed by atoms with E-state index in [2.05, 4.69) is 81.8 Å². The van der Waals surface area contributed by atoms with Crippen molar-refractivity contribution in [3.63, 3.8) is 0 Å². The third-order valence-corrected chi connectivity index (χ3v) is 6.79. The molecule has 1 N–H and O–H groups in total. The van der Waals surface area contributed by atoms with Crippen LogP contribution in [0, 0.1) is 13.8 Å². The number of benzene rings is 3. The van der Waals surface area contributed by atoms with Crippen molar-refractivity contribution in [2.45, 2.75) is 59.2 Å². The third kappa shape index (κ3) is 7.66. The lowest BCUT2D eigenvalue weighted by Crippen LogP contribution is -2.41. The fourth-order valence-corrected chi connectivity index (χ4v) is 4.73. The van der Waals surface area contributed by atoms with Crippen molar-refractivity contribution in [3.05, 3.63) is 101 Å². The fourth-order valence-electron chi connectivity index (χ4n) is 4.73. The topological polar surface area (TPSA) is 80.9 Å². The maximum atomic E-state index is 13.2. The summed E-state index contributed by atoms with van der Waals surface area (Å²) in [6.45, 7) is 10.4. The van der Waals surface area contributed by atoms with E-state index in [0.717, 1.165) is 22.2 Å². The second kappa shape index (κ2) is 12.5. The van der Waals surface area contributed by atoms with Crippen LogP contribution in [-0.4, -0.2) is 52.4 Å². The Morgan fingerprint density at radius 1 is 0.878 bits per heavy atom. The van der Waals surface area contributed by atoms with Crippen LogP contribution in [-0.2, 0) is 17.7 Å². The van der Waals surface area contributed by atoms with Crippen LogP contribution in [0.3, 0.4) is 0 Å². The molecule has 1 unspecified atom stereocenters. The number of rotatable bonds is 7. The van der Waals surface area contributed by atoms with E-state index in [4.69, 9.17) is 4.74 Å². The van der Waals surface area contributed by atoms with Gasteiger partial charge in [-0.25, -0.2) is 9.59 Å². The zero-order valence-corrected chi connectivity index (χ0v) is 25.1. The number of carbonyl (C=O) groups is 2. The van der Waals surface area contributed by atoms with Crippen LogP contribution >= 0.6 is 0 Å². The monoisotopic (exact) mass is 555 g/mol. The van der Waals surface area contributed by atoms with Gasteiger partial charge >= 0.3 is 12.1 Å². The number of carbonyl (C=O) groups excluding carboxylic acids is 2. The Balaban J connectivity index is 1.94. The molecule has 216 valence electrons. The highest BCUT2D eigenvalue weighted by atomic mass is 16.6. The average molecular weight is 556 g/mol. The minimum absolute atomic E-state index is 0.187. The van der Waals surface area contributed by atoms with E-state index in [0.29, 0.717) is 25.1 Å². The Hall–Kier alpha value is -4.33. The molecule has 0 aliphatic carbocycles. The normalized spacial score (nSPS) is 12.8. The summed E-state index contributed by atoms with van der Waals surface area (Å²) in [4.78, 5) is 31.9. The first-order valence-electron chi connectivity index (χ1n) is 13.9. The first kappa shape index (κ1) is 29.6. The predicted molar refractivity (Wildman–Crippen MR) is 163 cm³/mol. The molecule has 0 aliphatic rings. The van der Waals surface area contributed by atoms with E-state index in [9.17, 15) is 9.59 Å². The lowest BCUT2D eigenvalue weighted by atomic mass is 10.0. The van der Waals surface area contributed by atoms with Crippen LogP contribution in [0.15, 0.2) is 77.8 Å². The van der Waals surface area contributed by atoms with Gasteiger partial charge in [0.05, 0.1) is 23.6 Å². The van der Waals surface area contributed by atoms with E-state index in [-0.39, 0.29) is 12.1 Å². The number of para-hydroxylation sites is 2. The third-order valence-electron chi connectivity index (χ3n) is 6.79. The lowest BCUT2D eigenvalue weighted by Gasteiger charge is -2.22. The van der Waals surface area contributed by atoms with Gasteiger partial charge in [-0.2, -0.15) is 0 Å². The highest BCUT2D eigenvalue weighted by molar-refractivity contribution is 5.77. The summed E-state index contributed by atoms with van der Waals surface area (Å²) in [6, 6.07) is 24.3. The Kier molecular flexibility index (Phi) is 9.01. The summed E-state index contributed by atoms with van der Waals surface area (Å²) in [6.07, 6.45) is -0.0424. The number of urea groups is 1. The van der Waals surface area contributed by atoms with Gasteiger partial charge in [0.1, 0.15) is 5.60 Å².